The molecule has 4 aromatic rings. The van der Waals surface area contributed by atoms with Crippen molar-refractivity contribution in [3.63, 3.8) is 0 Å². The van der Waals surface area contributed by atoms with Gasteiger partial charge in [-0.15, -0.1) is 0 Å². The van der Waals surface area contributed by atoms with E-state index in [1.54, 1.807) is 7.11 Å². The third-order valence-corrected chi connectivity index (χ3v) is 4.28. The van der Waals surface area contributed by atoms with Gasteiger partial charge in [-0.25, -0.2) is 4.98 Å². The van der Waals surface area contributed by atoms with E-state index >= 15 is 0 Å². The van der Waals surface area contributed by atoms with Crippen LogP contribution in [0.25, 0.3) is 11.0 Å². The molecule has 0 saturated heterocycles. The van der Waals surface area contributed by atoms with Crippen LogP contribution in [0.5, 0.6) is 5.75 Å². The molecule has 1 aromatic heterocycles. The minimum absolute atomic E-state index is 0.811. The van der Waals surface area contributed by atoms with Gasteiger partial charge in [-0.05, 0) is 53.6 Å². The molecule has 0 saturated carbocycles. The van der Waals surface area contributed by atoms with Gasteiger partial charge >= 0.3 is 0 Å². The topological polar surface area (TPSA) is 39.4 Å². The number of aromatic nitrogens is 2. The summed E-state index contributed by atoms with van der Waals surface area (Å²) in [5.41, 5.74) is 5.23. The Hall–Kier alpha value is -3.40. The van der Waals surface area contributed by atoms with Crippen LogP contribution < -0.4 is 4.74 Å². The van der Waals surface area contributed by atoms with Crippen molar-refractivity contribution in [1.82, 2.24) is 9.55 Å². The van der Waals surface area contributed by atoms with E-state index in [9.17, 15) is 0 Å². The summed E-state index contributed by atoms with van der Waals surface area (Å²) in [6.07, 6.45) is 3.73. The number of benzene rings is 3. The summed E-state index contributed by atoms with van der Waals surface area (Å²) in [5, 5.41) is 0. The number of hydrogen-bond donors (Lipinski definition) is 0. The number of hydrogen-bond acceptors (Lipinski definition) is 3. The quantitative estimate of drug-likeness (QED) is 0.487. The van der Waals surface area contributed by atoms with Crippen molar-refractivity contribution in [1.29, 1.82) is 0 Å². The first kappa shape index (κ1) is 16.1. The molecule has 0 aliphatic carbocycles. The first-order chi connectivity index (χ1) is 12.8. The highest BCUT2D eigenvalue weighted by Gasteiger charge is 2.04. The maximum atomic E-state index is 5.17. The van der Waals surface area contributed by atoms with Crippen LogP contribution in [0.2, 0.25) is 0 Å². The Bertz CT molecular complexity index is 1030. The standard InChI is InChI=1S/C22H19N3O/c1-26-20-10-7-17(8-11-20)14-23-19-9-12-22-21(13-19)24-16-25(22)15-18-5-3-2-4-6-18/h2-14,16H,15H2,1H3. The van der Waals surface area contributed by atoms with Crippen LogP contribution in [0, 0.1) is 0 Å². The molecule has 0 unspecified atom stereocenters. The molecular weight excluding hydrogens is 322 g/mol. The largest absolute Gasteiger partial charge is 0.497 e. The number of imidazole rings is 1. The summed E-state index contributed by atoms with van der Waals surface area (Å²) in [7, 11) is 1.66. The average Bonchev–Trinajstić information content (AvgIpc) is 3.09. The second kappa shape index (κ2) is 7.23. The van der Waals surface area contributed by atoms with E-state index in [1.165, 1.54) is 5.56 Å². The van der Waals surface area contributed by atoms with Crippen LogP contribution in [0.3, 0.4) is 0 Å². The van der Waals surface area contributed by atoms with E-state index in [0.717, 1.165) is 34.6 Å². The van der Waals surface area contributed by atoms with Gasteiger partial charge in [-0.2, -0.15) is 0 Å². The third kappa shape index (κ3) is 3.49. The molecule has 0 bridgehead atoms. The molecule has 0 N–H and O–H groups in total. The van der Waals surface area contributed by atoms with Crippen LogP contribution in [0.4, 0.5) is 5.69 Å². The highest BCUT2D eigenvalue weighted by atomic mass is 16.5. The molecule has 4 heteroatoms. The van der Waals surface area contributed by atoms with Gasteiger partial charge < -0.3 is 9.30 Å². The zero-order valence-corrected chi connectivity index (χ0v) is 14.5. The van der Waals surface area contributed by atoms with Crippen molar-refractivity contribution in [3.8, 4) is 5.75 Å². The van der Waals surface area contributed by atoms with Crippen LogP contribution >= 0.6 is 0 Å². The lowest BCUT2D eigenvalue weighted by atomic mass is 10.2. The van der Waals surface area contributed by atoms with E-state index in [1.807, 2.05) is 55.0 Å². The summed E-state index contributed by atoms with van der Waals surface area (Å²) < 4.78 is 7.32. The molecule has 26 heavy (non-hydrogen) atoms. The van der Waals surface area contributed by atoms with Crippen LogP contribution in [0.15, 0.2) is 84.1 Å². The van der Waals surface area contributed by atoms with E-state index in [0.29, 0.717) is 0 Å². The Kier molecular flexibility index (Phi) is 4.48. The van der Waals surface area contributed by atoms with Crippen molar-refractivity contribution in [3.05, 3.63) is 90.3 Å². The molecule has 0 aliphatic heterocycles. The number of ether oxygens (including phenoxy) is 1. The number of rotatable bonds is 5. The highest BCUT2D eigenvalue weighted by Crippen LogP contribution is 2.21. The number of nitrogens with zero attached hydrogens (tertiary/aromatic N) is 3. The van der Waals surface area contributed by atoms with Gasteiger partial charge in [0.15, 0.2) is 0 Å². The molecule has 0 atom stereocenters. The molecule has 0 radical (unpaired) electrons. The zero-order chi connectivity index (χ0) is 17.8. The SMILES string of the molecule is COc1ccc(C=Nc2ccc3c(c2)ncn3Cc2ccccc2)cc1. The first-order valence-electron chi connectivity index (χ1n) is 8.49. The predicted molar refractivity (Wildman–Crippen MR) is 106 cm³/mol. The molecule has 1 heterocycles. The van der Waals surface area contributed by atoms with Crippen molar-refractivity contribution >= 4 is 22.9 Å². The van der Waals surface area contributed by atoms with E-state index < -0.39 is 0 Å². The van der Waals surface area contributed by atoms with Crippen LogP contribution in [-0.4, -0.2) is 22.9 Å². The molecule has 0 aliphatic rings. The number of methoxy groups -OCH3 is 1. The van der Waals surface area contributed by atoms with Gasteiger partial charge in [0.2, 0.25) is 0 Å². The predicted octanol–water partition coefficient (Wildman–Crippen LogP) is 4.84. The normalized spacial score (nSPS) is 11.3. The van der Waals surface area contributed by atoms with Crippen molar-refractivity contribution in [2.24, 2.45) is 4.99 Å². The van der Waals surface area contributed by atoms with E-state index in [2.05, 4.69) is 44.9 Å². The maximum absolute atomic E-state index is 5.17. The third-order valence-electron chi connectivity index (χ3n) is 4.28. The number of aliphatic imine (C=N–C) groups is 1. The molecule has 128 valence electrons. The van der Waals surface area contributed by atoms with Gasteiger partial charge in [0, 0.05) is 12.8 Å². The molecule has 0 spiro atoms. The molecule has 4 rings (SSSR count). The fourth-order valence-corrected chi connectivity index (χ4v) is 2.88. The molecule has 0 amide bonds. The van der Waals surface area contributed by atoms with Crippen molar-refractivity contribution in [2.45, 2.75) is 6.54 Å². The average molecular weight is 341 g/mol. The Morgan fingerprint density at radius 2 is 1.81 bits per heavy atom. The lowest BCUT2D eigenvalue weighted by Crippen LogP contribution is -1.97. The highest BCUT2D eigenvalue weighted by molar-refractivity contribution is 5.84. The minimum atomic E-state index is 0.811. The second-order valence-corrected chi connectivity index (χ2v) is 6.06. The maximum Gasteiger partial charge on any atom is 0.118 e. The summed E-state index contributed by atoms with van der Waals surface area (Å²) >= 11 is 0. The zero-order valence-electron chi connectivity index (χ0n) is 14.5. The van der Waals surface area contributed by atoms with Gasteiger partial charge in [0.05, 0.1) is 30.2 Å². The lowest BCUT2D eigenvalue weighted by molar-refractivity contribution is 0.415. The first-order valence-corrected chi connectivity index (χ1v) is 8.49. The fourth-order valence-electron chi connectivity index (χ4n) is 2.88. The smallest absolute Gasteiger partial charge is 0.118 e. The molecule has 3 aromatic carbocycles. The second-order valence-electron chi connectivity index (χ2n) is 6.06. The van der Waals surface area contributed by atoms with Gasteiger partial charge in [-0.3, -0.25) is 4.99 Å². The Morgan fingerprint density at radius 1 is 1.00 bits per heavy atom. The molecular formula is C22H19N3O. The lowest BCUT2D eigenvalue weighted by Gasteiger charge is -2.04. The summed E-state index contributed by atoms with van der Waals surface area (Å²) in [6.45, 7) is 0.811. The Morgan fingerprint density at radius 3 is 2.58 bits per heavy atom. The number of fused-ring (bicyclic) bond motifs is 1. The summed E-state index contributed by atoms with van der Waals surface area (Å²) in [4.78, 5) is 9.09. The Labute approximate surface area is 152 Å². The minimum Gasteiger partial charge on any atom is -0.497 e. The monoisotopic (exact) mass is 341 g/mol. The fraction of sp³-hybridized carbons (Fsp3) is 0.0909. The van der Waals surface area contributed by atoms with Crippen molar-refractivity contribution < 1.29 is 4.74 Å². The van der Waals surface area contributed by atoms with Gasteiger partial charge in [0.25, 0.3) is 0 Å². The van der Waals surface area contributed by atoms with E-state index in [-0.39, 0.29) is 0 Å². The van der Waals surface area contributed by atoms with Crippen LogP contribution in [-0.2, 0) is 6.54 Å². The van der Waals surface area contributed by atoms with E-state index in [4.69, 9.17) is 4.74 Å². The molecule has 4 nitrogen and oxygen atoms in total. The molecule has 0 fully saturated rings. The van der Waals surface area contributed by atoms with Crippen molar-refractivity contribution in [2.75, 3.05) is 7.11 Å². The summed E-state index contributed by atoms with van der Waals surface area (Å²) in [5.74, 6) is 0.840. The summed E-state index contributed by atoms with van der Waals surface area (Å²) in [6, 6.07) is 24.3. The Balaban J connectivity index is 1.55. The van der Waals surface area contributed by atoms with Gasteiger partial charge in [0.1, 0.15) is 5.75 Å². The van der Waals surface area contributed by atoms with Crippen LogP contribution in [0.1, 0.15) is 11.1 Å². The van der Waals surface area contributed by atoms with Gasteiger partial charge in [-0.1, -0.05) is 30.3 Å².